The molecule has 0 saturated heterocycles. The molecule has 0 heterocycles. The second-order valence-corrected chi connectivity index (χ2v) is 9.72. The highest BCUT2D eigenvalue weighted by molar-refractivity contribution is 5.85. The molecular weight excluding hydrogens is 448 g/mol. The van der Waals surface area contributed by atoms with Crippen molar-refractivity contribution in [3.63, 3.8) is 0 Å². The van der Waals surface area contributed by atoms with Gasteiger partial charge in [-0.2, -0.15) is 10.5 Å². The number of rotatable bonds is 1. The molecule has 2 aromatic carbocycles. The Labute approximate surface area is 208 Å². The molecule has 2 aliphatic carbocycles. The number of nitrogens with two attached hydrogens (primary N) is 1. The first-order valence-corrected chi connectivity index (χ1v) is 11.4. The van der Waals surface area contributed by atoms with E-state index in [-0.39, 0.29) is 24.5 Å². The number of halogens is 1. The standard InChI is InChI=1S/C16H20N2O2.C11H12N2.ClH/c1-10-11(9-17)5-6-13-12(10)7-8-14(13)18-15(19)20-16(2,3)4;1-7-8(6-12)2-3-10-9(7)4-5-11(10)13;/h5-6,14H,7-8H2,1-4H3,(H,18,19);2-3,11H,4-5,13H2,1H3;1H/t14-;11-;/m00./s1. The average Bonchev–Trinajstić information content (AvgIpc) is 3.32. The number of carbonyl (C=O) groups excluding carboxylic acids is 1. The number of amides is 1. The fourth-order valence-electron chi connectivity index (χ4n) is 4.63. The maximum absolute atomic E-state index is 11.8. The predicted octanol–water partition coefficient (Wildman–Crippen LogP) is 5.61. The quantitative estimate of drug-likeness (QED) is 0.550. The van der Waals surface area contributed by atoms with Gasteiger partial charge in [-0.15, -0.1) is 12.4 Å². The van der Waals surface area contributed by atoms with Crippen molar-refractivity contribution < 1.29 is 9.53 Å². The zero-order valence-corrected chi connectivity index (χ0v) is 21.3. The van der Waals surface area contributed by atoms with Gasteiger partial charge < -0.3 is 15.8 Å². The molecule has 2 atom stereocenters. The molecule has 0 saturated carbocycles. The monoisotopic (exact) mass is 480 g/mol. The van der Waals surface area contributed by atoms with Crippen LogP contribution >= 0.6 is 12.4 Å². The third kappa shape index (κ3) is 5.89. The van der Waals surface area contributed by atoms with Gasteiger partial charge in [0.05, 0.1) is 29.3 Å². The molecule has 2 aromatic rings. The molecule has 3 N–H and O–H groups in total. The minimum absolute atomic E-state index is 0. The van der Waals surface area contributed by atoms with Crippen LogP contribution in [-0.2, 0) is 17.6 Å². The van der Waals surface area contributed by atoms with Crippen molar-refractivity contribution in [3.05, 3.63) is 68.8 Å². The van der Waals surface area contributed by atoms with Crippen molar-refractivity contribution in [2.24, 2.45) is 5.73 Å². The maximum atomic E-state index is 11.8. The Bertz CT molecular complexity index is 1160. The summed E-state index contributed by atoms with van der Waals surface area (Å²) in [5, 5.41) is 20.8. The van der Waals surface area contributed by atoms with Crippen molar-refractivity contribution in [1.29, 1.82) is 10.5 Å². The van der Waals surface area contributed by atoms with Crippen molar-refractivity contribution in [2.45, 2.75) is 78.0 Å². The largest absolute Gasteiger partial charge is 0.444 e. The predicted molar refractivity (Wildman–Crippen MR) is 135 cm³/mol. The van der Waals surface area contributed by atoms with Gasteiger partial charge in [0.2, 0.25) is 0 Å². The molecule has 0 aliphatic heterocycles. The van der Waals surface area contributed by atoms with Crippen molar-refractivity contribution in [2.75, 3.05) is 0 Å². The van der Waals surface area contributed by atoms with E-state index in [2.05, 4.69) is 17.5 Å². The molecule has 0 spiro atoms. The summed E-state index contributed by atoms with van der Waals surface area (Å²) in [5.41, 5.74) is 13.9. The summed E-state index contributed by atoms with van der Waals surface area (Å²) in [6, 6.07) is 12.2. The number of nitrogens with zero attached hydrogens (tertiary/aromatic N) is 2. The van der Waals surface area contributed by atoms with Crippen molar-refractivity contribution in [3.8, 4) is 12.1 Å². The second-order valence-electron chi connectivity index (χ2n) is 9.72. The van der Waals surface area contributed by atoms with Gasteiger partial charge in [0.1, 0.15) is 5.60 Å². The molecular formula is C27H33ClN4O2. The zero-order valence-electron chi connectivity index (χ0n) is 20.5. The minimum atomic E-state index is -0.494. The summed E-state index contributed by atoms with van der Waals surface area (Å²) in [4.78, 5) is 11.8. The number of ether oxygens (including phenoxy) is 1. The van der Waals surface area contributed by atoms with E-state index in [9.17, 15) is 4.79 Å². The Hall–Kier alpha value is -3.06. The van der Waals surface area contributed by atoms with Crippen LogP contribution in [0.3, 0.4) is 0 Å². The topological polar surface area (TPSA) is 112 Å². The van der Waals surface area contributed by atoms with Crippen LogP contribution in [0.25, 0.3) is 0 Å². The summed E-state index contributed by atoms with van der Waals surface area (Å²) in [5.74, 6) is 0. The number of carbonyl (C=O) groups is 1. The second kappa shape index (κ2) is 10.9. The Kier molecular flexibility index (Phi) is 8.72. The smallest absolute Gasteiger partial charge is 0.408 e. The van der Waals surface area contributed by atoms with E-state index in [1.54, 1.807) is 0 Å². The molecule has 1 amide bonds. The van der Waals surface area contributed by atoms with Crippen LogP contribution in [0.1, 0.15) is 90.2 Å². The Balaban J connectivity index is 0.000000253. The van der Waals surface area contributed by atoms with E-state index < -0.39 is 11.7 Å². The fraction of sp³-hybridized carbons (Fsp3) is 0.444. The molecule has 0 aromatic heterocycles. The molecule has 4 rings (SSSR count). The lowest BCUT2D eigenvalue weighted by atomic mass is 9.99. The number of nitrogens with one attached hydrogen (secondary N) is 1. The summed E-state index contributed by atoms with van der Waals surface area (Å²) in [6.07, 6.45) is 3.39. The summed E-state index contributed by atoms with van der Waals surface area (Å²) >= 11 is 0. The van der Waals surface area contributed by atoms with Crippen molar-refractivity contribution >= 4 is 18.5 Å². The molecule has 0 unspecified atom stereocenters. The Morgan fingerprint density at radius 2 is 1.47 bits per heavy atom. The number of hydrogen-bond acceptors (Lipinski definition) is 5. The SMILES string of the molecule is Cc1c(C#N)ccc2c1CC[C@@H]2N.Cc1c(C#N)ccc2c1CC[C@@H]2NC(=O)OC(C)(C)C.Cl. The van der Waals surface area contributed by atoms with Crippen LogP contribution in [0, 0.1) is 36.5 Å². The van der Waals surface area contributed by atoms with Gasteiger partial charge in [-0.1, -0.05) is 12.1 Å². The first kappa shape index (κ1) is 27.2. The minimum Gasteiger partial charge on any atom is -0.444 e. The normalized spacial score (nSPS) is 17.6. The lowest BCUT2D eigenvalue weighted by Gasteiger charge is -2.22. The molecule has 0 radical (unpaired) electrons. The van der Waals surface area contributed by atoms with Crippen LogP contribution in [0.15, 0.2) is 24.3 Å². The van der Waals surface area contributed by atoms with Gasteiger partial charge in [0, 0.05) is 6.04 Å². The van der Waals surface area contributed by atoms with Gasteiger partial charge in [0.15, 0.2) is 0 Å². The molecule has 0 fully saturated rings. The number of hydrogen-bond donors (Lipinski definition) is 2. The zero-order chi connectivity index (χ0) is 24.3. The highest BCUT2D eigenvalue weighted by Crippen LogP contribution is 2.35. The van der Waals surface area contributed by atoms with E-state index in [4.69, 9.17) is 21.0 Å². The third-order valence-electron chi connectivity index (χ3n) is 6.36. The first-order chi connectivity index (χ1) is 15.6. The number of alkyl carbamates (subject to hydrolysis) is 1. The first-order valence-electron chi connectivity index (χ1n) is 11.4. The van der Waals surface area contributed by atoms with E-state index in [0.29, 0.717) is 5.56 Å². The van der Waals surface area contributed by atoms with Gasteiger partial charge in [0.25, 0.3) is 0 Å². The van der Waals surface area contributed by atoms with Gasteiger partial charge in [-0.3, -0.25) is 0 Å². The fourth-order valence-corrected chi connectivity index (χ4v) is 4.63. The summed E-state index contributed by atoms with van der Waals surface area (Å²) in [6.45, 7) is 9.51. The van der Waals surface area contributed by atoms with Gasteiger partial charge in [-0.05, 0) is 106 Å². The van der Waals surface area contributed by atoms with Crippen LogP contribution in [0.4, 0.5) is 4.79 Å². The molecule has 34 heavy (non-hydrogen) atoms. The van der Waals surface area contributed by atoms with Crippen LogP contribution in [0.2, 0.25) is 0 Å². The van der Waals surface area contributed by atoms with Crippen LogP contribution in [0.5, 0.6) is 0 Å². The van der Waals surface area contributed by atoms with E-state index in [0.717, 1.165) is 47.9 Å². The van der Waals surface area contributed by atoms with E-state index >= 15 is 0 Å². The van der Waals surface area contributed by atoms with E-state index in [1.165, 1.54) is 16.7 Å². The Morgan fingerprint density at radius 3 is 2.00 bits per heavy atom. The van der Waals surface area contributed by atoms with Crippen LogP contribution < -0.4 is 11.1 Å². The Morgan fingerprint density at radius 1 is 0.971 bits per heavy atom. The molecule has 6 nitrogen and oxygen atoms in total. The number of benzene rings is 2. The lowest BCUT2D eigenvalue weighted by molar-refractivity contribution is 0.0503. The molecule has 180 valence electrons. The van der Waals surface area contributed by atoms with Crippen LogP contribution in [-0.4, -0.2) is 11.7 Å². The summed E-state index contributed by atoms with van der Waals surface area (Å²) < 4.78 is 5.29. The maximum Gasteiger partial charge on any atom is 0.408 e. The summed E-state index contributed by atoms with van der Waals surface area (Å²) in [7, 11) is 0. The van der Waals surface area contributed by atoms with Gasteiger partial charge >= 0.3 is 6.09 Å². The highest BCUT2D eigenvalue weighted by Gasteiger charge is 2.28. The lowest BCUT2D eigenvalue weighted by Crippen LogP contribution is -2.34. The molecule has 7 heteroatoms. The number of nitriles is 2. The number of fused-ring (bicyclic) bond motifs is 2. The van der Waals surface area contributed by atoms with Crippen molar-refractivity contribution in [1.82, 2.24) is 5.32 Å². The molecule has 0 bridgehead atoms. The third-order valence-corrected chi connectivity index (χ3v) is 6.36. The average molecular weight is 481 g/mol. The highest BCUT2D eigenvalue weighted by atomic mass is 35.5. The molecule has 2 aliphatic rings. The van der Waals surface area contributed by atoms with E-state index in [1.807, 2.05) is 58.9 Å². The van der Waals surface area contributed by atoms with Gasteiger partial charge in [-0.25, -0.2) is 4.79 Å².